The lowest BCUT2D eigenvalue weighted by Gasteiger charge is -2.12. The van der Waals surface area contributed by atoms with Gasteiger partial charge in [-0.1, -0.05) is 17.3 Å². The third-order valence-electron chi connectivity index (χ3n) is 5.28. The van der Waals surface area contributed by atoms with E-state index in [9.17, 15) is 13.6 Å². The van der Waals surface area contributed by atoms with Gasteiger partial charge in [0.15, 0.2) is 0 Å². The van der Waals surface area contributed by atoms with E-state index in [1.54, 1.807) is 16.7 Å². The van der Waals surface area contributed by atoms with Crippen LogP contribution in [0.3, 0.4) is 0 Å². The number of carbonyl (C=O) groups excluding carboxylic acids is 1. The van der Waals surface area contributed by atoms with E-state index < -0.39 is 11.8 Å². The summed E-state index contributed by atoms with van der Waals surface area (Å²) in [4.78, 5) is 21.2. The van der Waals surface area contributed by atoms with Crippen molar-refractivity contribution in [2.75, 3.05) is 5.32 Å². The molecule has 152 valence electrons. The molecule has 1 atom stereocenters. The minimum absolute atomic E-state index is 0.0636. The number of rotatable bonds is 4. The van der Waals surface area contributed by atoms with Gasteiger partial charge in [0.25, 0.3) is 11.8 Å². The number of amides is 1. The van der Waals surface area contributed by atoms with Gasteiger partial charge >= 0.3 is 0 Å². The van der Waals surface area contributed by atoms with E-state index in [1.165, 1.54) is 6.20 Å². The molecule has 5 rings (SSSR count). The van der Waals surface area contributed by atoms with Crippen LogP contribution >= 0.6 is 0 Å². The standard InChI is InChI=1S/C21H17F2N5O2/c1-11-7-12(2)15(25-19(29)16-10-24-17-5-3-4-6-28(16)17)8-13(11)18-26-20(30-27-18)14-9-21(14,22)23/h3-8,10,14H,9H2,1-2H3,(H,25,29). The maximum atomic E-state index is 13.3. The Labute approximate surface area is 169 Å². The summed E-state index contributed by atoms with van der Waals surface area (Å²) in [5, 5.41) is 6.76. The third kappa shape index (κ3) is 3.02. The zero-order chi connectivity index (χ0) is 21.0. The normalized spacial score (nSPS) is 17.3. The fourth-order valence-electron chi connectivity index (χ4n) is 3.48. The van der Waals surface area contributed by atoms with Crippen LogP contribution in [-0.4, -0.2) is 31.4 Å². The number of nitrogens with zero attached hydrogens (tertiary/aromatic N) is 4. The quantitative estimate of drug-likeness (QED) is 0.541. The van der Waals surface area contributed by atoms with Crippen molar-refractivity contribution in [3.05, 3.63) is 65.4 Å². The Bertz CT molecular complexity index is 1290. The highest BCUT2D eigenvalue weighted by atomic mass is 19.3. The van der Waals surface area contributed by atoms with Crippen molar-refractivity contribution in [2.45, 2.75) is 32.1 Å². The molecule has 1 saturated carbocycles. The van der Waals surface area contributed by atoms with E-state index in [4.69, 9.17) is 4.52 Å². The number of pyridine rings is 1. The minimum atomic E-state index is -2.78. The number of alkyl halides is 2. The topological polar surface area (TPSA) is 85.3 Å². The zero-order valence-corrected chi connectivity index (χ0v) is 16.2. The Hall–Kier alpha value is -3.62. The molecule has 0 spiro atoms. The highest BCUT2D eigenvalue weighted by molar-refractivity contribution is 6.04. The Balaban J connectivity index is 1.46. The Morgan fingerprint density at radius 1 is 1.27 bits per heavy atom. The summed E-state index contributed by atoms with van der Waals surface area (Å²) in [7, 11) is 0. The van der Waals surface area contributed by atoms with E-state index in [1.807, 2.05) is 38.1 Å². The highest BCUT2D eigenvalue weighted by Gasteiger charge is 2.61. The first kappa shape index (κ1) is 18.4. The van der Waals surface area contributed by atoms with E-state index in [0.717, 1.165) is 11.1 Å². The zero-order valence-electron chi connectivity index (χ0n) is 16.2. The van der Waals surface area contributed by atoms with Crippen molar-refractivity contribution >= 4 is 17.2 Å². The molecular formula is C21H17F2N5O2. The molecule has 1 unspecified atom stereocenters. The van der Waals surface area contributed by atoms with Gasteiger partial charge in [-0.05, 0) is 43.2 Å². The third-order valence-corrected chi connectivity index (χ3v) is 5.28. The van der Waals surface area contributed by atoms with Crippen LogP contribution < -0.4 is 5.32 Å². The molecule has 1 fully saturated rings. The van der Waals surface area contributed by atoms with Crippen molar-refractivity contribution in [2.24, 2.45) is 0 Å². The number of nitrogens with one attached hydrogen (secondary N) is 1. The van der Waals surface area contributed by atoms with E-state index in [2.05, 4.69) is 20.4 Å². The first-order chi connectivity index (χ1) is 14.3. The lowest BCUT2D eigenvalue weighted by Crippen LogP contribution is -2.15. The van der Waals surface area contributed by atoms with Crippen molar-refractivity contribution in [1.82, 2.24) is 19.5 Å². The van der Waals surface area contributed by atoms with E-state index in [0.29, 0.717) is 22.6 Å². The average molecular weight is 409 g/mol. The van der Waals surface area contributed by atoms with E-state index >= 15 is 0 Å². The van der Waals surface area contributed by atoms with Crippen LogP contribution in [0.5, 0.6) is 0 Å². The van der Waals surface area contributed by atoms with Gasteiger partial charge in [-0.2, -0.15) is 4.98 Å². The first-order valence-electron chi connectivity index (χ1n) is 9.40. The summed E-state index contributed by atoms with van der Waals surface area (Å²) in [5.41, 5.74) is 3.92. The average Bonchev–Trinajstić information content (AvgIpc) is 3.08. The number of imidazole rings is 1. The summed E-state index contributed by atoms with van der Waals surface area (Å²) in [5.74, 6) is -3.96. The molecule has 1 aliphatic rings. The van der Waals surface area contributed by atoms with Crippen molar-refractivity contribution in [3.8, 4) is 11.4 Å². The second-order valence-electron chi connectivity index (χ2n) is 7.48. The van der Waals surface area contributed by atoms with Gasteiger partial charge in [0.2, 0.25) is 11.7 Å². The molecule has 30 heavy (non-hydrogen) atoms. The number of hydrogen-bond acceptors (Lipinski definition) is 5. The first-order valence-corrected chi connectivity index (χ1v) is 9.40. The molecule has 0 aliphatic heterocycles. The number of halogens is 2. The number of aromatic nitrogens is 4. The van der Waals surface area contributed by atoms with Gasteiger partial charge in [0, 0.05) is 23.9 Å². The molecule has 7 nitrogen and oxygen atoms in total. The van der Waals surface area contributed by atoms with Crippen LogP contribution in [0.4, 0.5) is 14.5 Å². The number of anilines is 1. The van der Waals surface area contributed by atoms with Gasteiger partial charge in [-0.25, -0.2) is 13.8 Å². The predicted molar refractivity (Wildman–Crippen MR) is 105 cm³/mol. The molecule has 1 amide bonds. The van der Waals surface area contributed by atoms with Gasteiger partial charge in [-0.15, -0.1) is 0 Å². The lowest BCUT2D eigenvalue weighted by atomic mass is 10.0. The highest BCUT2D eigenvalue weighted by Crippen LogP contribution is 2.55. The summed E-state index contributed by atoms with van der Waals surface area (Å²) >= 11 is 0. The fraction of sp³-hybridized carbons (Fsp3) is 0.238. The number of benzene rings is 1. The Kier molecular flexibility index (Phi) is 3.96. The number of hydrogen-bond donors (Lipinski definition) is 1. The number of fused-ring (bicyclic) bond motifs is 1. The smallest absolute Gasteiger partial charge is 0.274 e. The monoisotopic (exact) mass is 409 g/mol. The van der Waals surface area contributed by atoms with E-state index in [-0.39, 0.29) is 24.0 Å². The SMILES string of the molecule is Cc1cc(C)c(-c2noc(C3CC3(F)F)n2)cc1NC(=O)c1cnc2ccccn12. The Morgan fingerprint density at radius 3 is 2.83 bits per heavy atom. The molecule has 4 aromatic rings. The van der Waals surface area contributed by atoms with Gasteiger partial charge in [0.1, 0.15) is 17.3 Å². The predicted octanol–water partition coefficient (Wildman–Crippen LogP) is 4.38. The lowest BCUT2D eigenvalue weighted by molar-refractivity contribution is 0.102. The van der Waals surface area contributed by atoms with Crippen LogP contribution in [0.1, 0.15) is 39.8 Å². The maximum Gasteiger partial charge on any atom is 0.274 e. The maximum absolute atomic E-state index is 13.3. The van der Waals surface area contributed by atoms with Crippen LogP contribution in [0, 0.1) is 13.8 Å². The molecule has 0 radical (unpaired) electrons. The fourth-order valence-corrected chi connectivity index (χ4v) is 3.48. The van der Waals surface area contributed by atoms with Crippen molar-refractivity contribution in [1.29, 1.82) is 0 Å². The summed E-state index contributed by atoms with van der Waals surface area (Å²) in [6.45, 7) is 3.73. The second-order valence-corrected chi connectivity index (χ2v) is 7.48. The van der Waals surface area contributed by atoms with Crippen molar-refractivity contribution in [3.63, 3.8) is 0 Å². The van der Waals surface area contributed by atoms with Gasteiger partial charge in [0.05, 0.1) is 6.20 Å². The molecule has 0 saturated heterocycles. The molecule has 1 N–H and O–H groups in total. The molecule has 0 bridgehead atoms. The second kappa shape index (κ2) is 6.45. The number of carbonyl (C=O) groups is 1. The molecular weight excluding hydrogens is 392 g/mol. The van der Waals surface area contributed by atoms with Crippen LogP contribution in [0.25, 0.3) is 17.0 Å². The van der Waals surface area contributed by atoms with Crippen LogP contribution in [0.15, 0.2) is 47.2 Å². The van der Waals surface area contributed by atoms with Crippen LogP contribution in [-0.2, 0) is 0 Å². The summed E-state index contributed by atoms with van der Waals surface area (Å²) in [6, 6.07) is 9.07. The largest absolute Gasteiger partial charge is 0.338 e. The molecule has 1 aliphatic carbocycles. The van der Waals surface area contributed by atoms with Gasteiger partial charge < -0.3 is 9.84 Å². The minimum Gasteiger partial charge on any atom is -0.338 e. The molecule has 1 aromatic carbocycles. The van der Waals surface area contributed by atoms with Crippen molar-refractivity contribution < 1.29 is 18.1 Å². The molecule has 9 heteroatoms. The summed E-state index contributed by atoms with van der Waals surface area (Å²) < 4.78 is 33.3. The molecule has 3 aromatic heterocycles. The molecule has 3 heterocycles. The van der Waals surface area contributed by atoms with Gasteiger partial charge in [-0.3, -0.25) is 9.20 Å². The van der Waals surface area contributed by atoms with Crippen LogP contribution in [0.2, 0.25) is 0 Å². The number of aryl methyl sites for hydroxylation is 2. The summed E-state index contributed by atoms with van der Waals surface area (Å²) in [6.07, 6.45) is 3.00. The Morgan fingerprint density at radius 2 is 2.07 bits per heavy atom.